The fraction of sp³-hybridized carbons (Fsp3) is 0.667. The zero-order valence-electron chi connectivity index (χ0n) is 13.8. The minimum absolute atomic E-state index is 0.317. The molecule has 2 atom stereocenters. The molecule has 0 amide bonds. The van der Waals surface area contributed by atoms with Crippen LogP contribution in [0.3, 0.4) is 0 Å². The SMILES string of the molecule is CCCOC1CCCN(C(CN)c2ccc(C)c(C)c2)C1. The zero-order valence-corrected chi connectivity index (χ0v) is 13.8. The molecule has 1 heterocycles. The molecular formula is C18H30N2O. The van der Waals surface area contributed by atoms with Crippen molar-refractivity contribution in [3.05, 3.63) is 34.9 Å². The maximum atomic E-state index is 6.09. The molecule has 1 aliphatic heterocycles. The molecule has 1 aromatic carbocycles. The first-order valence-electron chi connectivity index (χ1n) is 8.28. The van der Waals surface area contributed by atoms with E-state index in [0.29, 0.717) is 18.7 Å². The normalized spacial score (nSPS) is 21.4. The van der Waals surface area contributed by atoms with Crippen LogP contribution in [0, 0.1) is 13.8 Å². The molecule has 2 rings (SSSR count). The predicted octanol–water partition coefficient (Wildman–Crippen LogP) is 3.19. The Morgan fingerprint density at radius 3 is 2.81 bits per heavy atom. The maximum absolute atomic E-state index is 6.09. The summed E-state index contributed by atoms with van der Waals surface area (Å²) in [5.74, 6) is 0. The van der Waals surface area contributed by atoms with Crippen molar-refractivity contribution < 1.29 is 4.74 Å². The molecule has 0 aliphatic carbocycles. The Morgan fingerprint density at radius 2 is 2.14 bits per heavy atom. The highest BCUT2D eigenvalue weighted by molar-refractivity contribution is 5.32. The molecule has 1 aromatic rings. The Bertz CT molecular complexity index is 447. The molecule has 1 fully saturated rings. The summed E-state index contributed by atoms with van der Waals surface area (Å²) >= 11 is 0. The highest BCUT2D eigenvalue weighted by Crippen LogP contribution is 2.26. The molecule has 0 bridgehead atoms. The van der Waals surface area contributed by atoms with Crippen LogP contribution < -0.4 is 5.73 Å². The van der Waals surface area contributed by atoms with Crippen LogP contribution >= 0.6 is 0 Å². The molecule has 3 heteroatoms. The van der Waals surface area contributed by atoms with Crippen molar-refractivity contribution in [3.63, 3.8) is 0 Å². The number of hydrogen-bond donors (Lipinski definition) is 1. The molecule has 2 N–H and O–H groups in total. The van der Waals surface area contributed by atoms with Gasteiger partial charge in [0.25, 0.3) is 0 Å². The number of hydrogen-bond acceptors (Lipinski definition) is 3. The van der Waals surface area contributed by atoms with Crippen molar-refractivity contribution in [2.75, 3.05) is 26.2 Å². The Morgan fingerprint density at radius 1 is 1.33 bits per heavy atom. The third-order valence-electron chi connectivity index (χ3n) is 4.55. The minimum Gasteiger partial charge on any atom is -0.377 e. The number of nitrogens with two attached hydrogens (primary N) is 1. The predicted molar refractivity (Wildman–Crippen MR) is 88.5 cm³/mol. The van der Waals surface area contributed by atoms with Crippen molar-refractivity contribution in [1.29, 1.82) is 0 Å². The van der Waals surface area contributed by atoms with E-state index in [1.54, 1.807) is 0 Å². The molecule has 118 valence electrons. The van der Waals surface area contributed by atoms with E-state index in [2.05, 4.69) is 43.9 Å². The number of ether oxygens (including phenoxy) is 1. The van der Waals surface area contributed by atoms with Gasteiger partial charge in [0.1, 0.15) is 0 Å². The molecule has 1 saturated heterocycles. The summed E-state index contributed by atoms with van der Waals surface area (Å²) in [6.07, 6.45) is 3.85. The molecular weight excluding hydrogens is 260 g/mol. The molecule has 0 radical (unpaired) electrons. The molecule has 21 heavy (non-hydrogen) atoms. The van der Waals surface area contributed by atoms with E-state index >= 15 is 0 Å². The number of rotatable bonds is 6. The number of nitrogens with zero attached hydrogens (tertiary/aromatic N) is 1. The first-order chi connectivity index (χ1) is 10.2. The summed E-state index contributed by atoms with van der Waals surface area (Å²) in [5.41, 5.74) is 10.1. The number of piperidine rings is 1. The summed E-state index contributed by atoms with van der Waals surface area (Å²) in [5, 5.41) is 0. The van der Waals surface area contributed by atoms with Gasteiger partial charge in [0.15, 0.2) is 0 Å². The van der Waals surface area contributed by atoms with Gasteiger partial charge < -0.3 is 10.5 Å². The smallest absolute Gasteiger partial charge is 0.0702 e. The van der Waals surface area contributed by atoms with E-state index in [9.17, 15) is 0 Å². The Hall–Kier alpha value is -0.900. The van der Waals surface area contributed by atoms with Crippen molar-refractivity contribution in [2.24, 2.45) is 5.73 Å². The average molecular weight is 290 g/mol. The quantitative estimate of drug-likeness (QED) is 0.874. The van der Waals surface area contributed by atoms with Gasteiger partial charge in [-0.15, -0.1) is 0 Å². The van der Waals surface area contributed by atoms with Crippen LogP contribution in [0.4, 0.5) is 0 Å². The largest absolute Gasteiger partial charge is 0.377 e. The van der Waals surface area contributed by atoms with Gasteiger partial charge in [-0.05, 0) is 56.3 Å². The highest BCUT2D eigenvalue weighted by atomic mass is 16.5. The number of likely N-dealkylation sites (tertiary alicyclic amines) is 1. The van der Waals surface area contributed by atoms with Gasteiger partial charge >= 0.3 is 0 Å². The molecule has 2 unspecified atom stereocenters. The summed E-state index contributed by atoms with van der Waals surface area (Å²) < 4.78 is 5.95. The summed E-state index contributed by atoms with van der Waals surface area (Å²) in [6.45, 7) is 10.2. The van der Waals surface area contributed by atoms with E-state index in [4.69, 9.17) is 10.5 Å². The Labute approximate surface area is 129 Å². The minimum atomic E-state index is 0.317. The van der Waals surface area contributed by atoms with Gasteiger partial charge in [0.05, 0.1) is 6.10 Å². The monoisotopic (exact) mass is 290 g/mol. The van der Waals surface area contributed by atoms with Crippen molar-refractivity contribution >= 4 is 0 Å². The van der Waals surface area contributed by atoms with E-state index < -0.39 is 0 Å². The van der Waals surface area contributed by atoms with Crippen molar-refractivity contribution in [3.8, 4) is 0 Å². The molecule has 1 aliphatic rings. The van der Waals surface area contributed by atoms with Gasteiger partial charge in [-0.1, -0.05) is 25.1 Å². The fourth-order valence-corrected chi connectivity index (χ4v) is 3.14. The lowest BCUT2D eigenvalue weighted by atomic mass is 9.97. The lowest BCUT2D eigenvalue weighted by molar-refractivity contribution is -0.0118. The summed E-state index contributed by atoms with van der Waals surface area (Å²) in [6, 6.07) is 7.06. The van der Waals surface area contributed by atoms with Crippen LogP contribution in [0.2, 0.25) is 0 Å². The Balaban J connectivity index is 2.07. The summed E-state index contributed by atoms with van der Waals surface area (Å²) in [7, 11) is 0. The lowest BCUT2D eigenvalue weighted by Gasteiger charge is -2.38. The topological polar surface area (TPSA) is 38.5 Å². The lowest BCUT2D eigenvalue weighted by Crippen LogP contribution is -2.44. The zero-order chi connectivity index (χ0) is 15.2. The van der Waals surface area contributed by atoms with Gasteiger partial charge in [-0.25, -0.2) is 0 Å². The van der Waals surface area contributed by atoms with E-state index in [-0.39, 0.29) is 0 Å². The molecule has 0 aromatic heterocycles. The maximum Gasteiger partial charge on any atom is 0.0702 e. The van der Waals surface area contributed by atoms with Crippen LogP contribution in [0.1, 0.15) is 48.9 Å². The van der Waals surface area contributed by atoms with E-state index in [1.165, 1.54) is 29.5 Å². The van der Waals surface area contributed by atoms with E-state index in [1.807, 2.05) is 0 Å². The second kappa shape index (κ2) is 7.92. The third-order valence-corrected chi connectivity index (χ3v) is 4.55. The standard InChI is InChI=1S/C18H30N2O/c1-4-10-21-17-6-5-9-20(13-17)18(12-19)16-8-7-14(2)15(3)11-16/h7-8,11,17-18H,4-6,9-10,12-13,19H2,1-3H3. The van der Waals surface area contributed by atoms with Gasteiger partial charge in [0, 0.05) is 25.7 Å². The van der Waals surface area contributed by atoms with Crippen LogP contribution in [-0.2, 0) is 4.74 Å². The third kappa shape index (κ3) is 4.29. The molecule has 0 saturated carbocycles. The van der Waals surface area contributed by atoms with Gasteiger partial charge in [-0.2, -0.15) is 0 Å². The van der Waals surface area contributed by atoms with Crippen LogP contribution in [-0.4, -0.2) is 37.2 Å². The van der Waals surface area contributed by atoms with Crippen LogP contribution in [0.25, 0.3) is 0 Å². The second-order valence-electron chi connectivity index (χ2n) is 6.23. The molecule has 3 nitrogen and oxygen atoms in total. The summed E-state index contributed by atoms with van der Waals surface area (Å²) in [4.78, 5) is 2.51. The van der Waals surface area contributed by atoms with Gasteiger partial charge in [0.2, 0.25) is 0 Å². The first kappa shape index (κ1) is 16.5. The second-order valence-corrected chi connectivity index (χ2v) is 6.23. The number of benzene rings is 1. The van der Waals surface area contributed by atoms with Crippen LogP contribution in [0.15, 0.2) is 18.2 Å². The average Bonchev–Trinajstić information content (AvgIpc) is 2.50. The van der Waals surface area contributed by atoms with Crippen molar-refractivity contribution in [1.82, 2.24) is 4.90 Å². The van der Waals surface area contributed by atoms with Gasteiger partial charge in [-0.3, -0.25) is 4.90 Å². The van der Waals surface area contributed by atoms with Crippen LogP contribution in [0.5, 0.6) is 0 Å². The van der Waals surface area contributed by atoms with Crippen molar-refractivity contribution in [2.45, 2.75) is 52.2 Å². The fourth-order valence-electron chi connectivity index (χ4n) is 3.14. The van der Waals surface area contributed by atoms with E-state index in [0.717, 1.165) is 26.1 Å². The molecule has 0 spiro atoms. The highest BCUT2D eigenvalue weighted by Gasteiger charge is 2.26. The number of aryl methyl sites for hydroxylation is 2. The Kier molecular flexibility index (Phi) is 6.22. The first-order valence-corrected chi connectivity index (χ1v) is 8.28.